The average molecular weight is 328 g/mol. The number of carbonyl (C=O) groups is 1. The van der Waals surface area contributed by atoms with Gasteiger partial charge in [-0.05, 0) is 33.0 Å². The Labute approximate surface area is 142 Å². The summed E-state index contributed by atoms with van der Waals surface area (Å²) in [5, 5.41) is 12.7. The fourth-order valence-corrected chi connectivity index (χ4v) is 2.89. The van der Waals surface area contributed by atoms with Crippen molar-refractivity contribution in [3.63, 3.8) is 0 Å². The van der Waals surface area contributed by atoms with Gasteiger partial charge in [0.25, 0.3) is 5.91 Å². The molecule has 0 radical (unpaired) electrons. The number of fused-ring (bicyclic) bond motifs is 1. The summed E-state index contributed by atoms with van der Waals surface area (Å²) in [6, 6.07) is 3.66. The highest BCUT2D eigenvalue weighted by atomic mass is 16.5. The van der Waals surface area contributed by atoms with E-state index in [1.165, 1.54) is 0 Å². The minimum Gasteiger partial charge on any atom is -0.336 e. The summed E-state index contributed by atoms with van der Waals surface area (Å²) >= 11 is 0. The quantitative estimate of drug-likeness (QED) is 0.822. The standard InChI is InChI=1S/C18H24N4O2/c1-13(2)22(24)12-14-4-5-16(15-6-7-19-17(14)15)18(23)21-10-8-20(3)9-11-21/h4-7,12-13,24H,8-11H2,1-3H3. The molecule has 2 aliphatic heterocycles. The molecule has 2 aliphatic rings. The molecule has 1 fully saturated rings. The lowest BCUT2D eigenvalue weighted by Gasteiger charge is -2.32. The summed E-state index contributed by atoms with van der Waals surface area (Å²) in [5.41, 5.74) is 1.52. The molecule has 0 spiro atoms. The van der Waals surface area contributed by atoms with E-state index >= 15 is 0 Å². The van der Waals surface area contributed by atoms with Crippen molar-refractivity contribution >= 4 is 18.2 Å². The number of benzene rings is 1. The monoisotopic (exact) mass is 328 g/mol. The Kier molecular flexibility index (Phi) is 4.69. The lowest BCUT2D eigenvalue weighted by Crippen LogP contribution is -2.47. The van der Waals surface area contributed by atoms with E-state index in [-0.39, 0.29) is 11.9 Å². The van der Waals surface area contributed by atoms with E-state index in [1.807, 2.05) is 37.0 Å². The highest BCUT2D eigenvalue weighted by Gasteiger charge is 2.23. The zero-order valence-electron chi connectivity index (χ0n) is 14.4. The van der Waals surface area contributed by atoms with Crippen LogP contribution in [0.15, 0.2) is 23.3 Å². The molecule has 1 N–H and O–H groups in total. The van der Waals surface area contributed by atoms with Crippen LogP contribution in [0.4, 0.5) is 0 Å². The molecule has 1 amide bonds. The Morgan fingerprint density at radius 2 is 2.00 bits per heavy atom. The number of hydrogen-bond donors (Lipinski definition) is 1. The van der Waals surface area contributed by atoms with E-state index in [9.17, 15) is 10.0 Å². The van der Waals surface area contributed by atoms with Crippen molar-refractivity contribution in [2.45, 2.75) is 19.9 Å². The second-order valence-electron chi connectivity index (χ2n) is 6.61. The molecule has 3 rings (SSSR count). The summed E-state index contributed by atoms with van der Waals surface area (Å²) in [6.07, 6.45) is 5.23. The second-order valence-corrected chi connectivity index (χ2v) is 6.61. The van der Waals surface area contributed by atoms with Gasteiger partial charge in [-0.1, -0.05) is 6.07 Å². The van der Waals surface area contributed by atoms with E-state index in [0.29, 0.717) is 5.56 Å². The van der Waals surface area contributed by atoms with Crippen LogP contribution in [0.1, 0.15) is 29.8 Å². The number of rotatable bonds is 3. The van der Waals surface area contributed by atoms with Gasteiger partial charge in [0.05, 0.1) is 11.4 Å². The fraction of sp³-hybridized carbons (Fsp3) is 0.444. The molecular formula is C18H24N4O2. The zero-order valence-corrected chi connectivity index (χ0v) is 14.4. The summed E-state index contributed by atoms with van der Waals surface area (Å²) in [7, 11) is 2.07. The predicted molar refractivity (Wildman–Crippen MR) is 92.9 cm³/mol. The van der Waals surface area contributed by atoms with Gasteiger partial charge in [0.1, 0.15) is 0 Å². The molecule has 128 valence electrons. The third kappa shape index (κ3) is 3.20. The Hall–Kier alpha value is -2.18. The van der Waals surface area contributed by atoms with Crippen molar-refractivity contribution in [2.75, 3.05) is 33.2 Å². The van der Waals surface area contributed by atoms with Gasteiger partial charge in [-0.25, -0.2) is 0 Å². The molecule has 0 bridgehead atoms. The Morgan fingerprint density at radius 1 is 1.29 bits per heavy atom. The predicted octanol–water partition coefficient (Wildman–Crippen LogP) is 0.516. The van der Waals surface area contributed by atoms with Gasteiger partial charge in [0, 0.05) is 54.9 Å². The molecule has 6 heteroatoms. The first-order chi connectivity index (χ1) is 11.5. The molecule has 0 unspecified atom stereocenters. The third-order valence-electron chi connectivity index (χ3n) is 4.51. The largest absolute Gasteiger partial charge is 0.336 e. The summed E-state index contributed by atoms with van der Waals surface area (Å²) in [4.78, 5) is 21.4. The van der Waals surface area contributed by atoms with E-state index in [2.05, 4.69) is 16.9 Å². The van der Waals surface area contributed by atoms with Crippen molar-refractivity contribution in [3.05, 3.63) is 40.0 Å². The fourth-order valence-electron chi connectivity index (χ4n) is 2.89. The summed E-state index contributed by atoms with van der Waals surface area (Å²) in [5.74, 6) is 0.0531. The molecule has 2 heterocycles. The first kappa shape index (κ1) is 16.7. The van der Waals surface area contributed by atoms with Crippen LogP contribution in [-0.4, -0.2) is 65.2 Å². The molecule has 1 saturated heterocycles. The maximum absolute atomic E-state index is 12.9. The lowest BCUT2D eigenvalue weighted by atomic mass is 10.0. The first-order valence-corrected chi connectivity index (χ1v) is 8.31. The molecule has 24 heavy (non-hydrogen) atoms. The van der Waals surface area contributed by atoms with Crippen molar-refractivity contribution in [1.29, 1.82) is 0 Å². The van der Waals surface area contributed by atoms with Crippen LogP contribution < -0.4 is 10.6 Å². The van der Waals surface area contributed by atoms with Crippen molar-refractivity contribution < 1.29 is 10.0 Å². The van der Waals surface area contributed by atoms with Gasteiger partial charge in [0.15, 0.2) is 0 Å². The molecule has 0 aromatic heterocycles. The molecule has 0 aliphatic carbocycles. The van der Waals surface area contributed by atoms with Crippen LogP contribution in [-0.2, 0) is 0 Å². The maximum atomic E-state index is 12.9. The number of carbonyl (C=O) groups excluding carboxylic acids is 1. The zero-order chi connectivity index (χ0) is 17.3. The first-order valence-electron chi connectivity index (χ1n) is 8.31. The van der Waals surface area contributed by atoms with Crippen molar-refractivity contribution in [3.8, 4) is 0 Å². The highest BCUT2D eigenvalue weighted by Crippen LogP contribution is 2.13. The highest BCUT2D eigenvalue weighted by molar-refractivity contribution is 5.98. The molecule has 0 atom stereocenters. The van der Waals surface area contributed by atoms with Gasteiger partial charge in [-0.15, -0.1) is 0 Å². The molecule has 1 aromatic carbocycles. The van der Waals surface area contributed by atoms with Crippen LogP contribution in [0, 0.1) is 0 Å². The van der Waals surface area contributed by atoms with Gasteiger partial charge >= 0.3 is 0 Å². The van der Waals surface area contributed by atoms with E-state index in [1.54, 1.807) is 12.4 Å². The van der Waals surface area contributed by atoms with Crippen LogP contribution >= 0.6 is 0 Å². The SMILES string of the molecule is CC(C)N(O)C=c1ccc(C(=O)N2CCN(C)CC2)c2c1=NC=C2. The van der Waals surface area contributed by atoms with Crippen LogP contribution in [0.25, 0.3) is 12.3 Å². The van der Waals surface area contributed by atoms with Gasteiger partial charge in [-0.2, -0.15) is 0 Å². The number of amides is 1. The van der Waals surface area contributed by atoms with Crippen LogP contribution in [0.3, 0.4) is 0 Å². The van der Waals surface area contributed by atoms with Crippen LogP contribution in [0.2, 0.25) is 0 Å². The third-order valence-corrected chi connectivity index (χ3v) is 4.51. The van der Waals surface area contributed by atoms with Gasteiger partial charge < -0.3 is 9.80 Å². The van der Waals surface area contributed by atoms with E-state index < -0.39 is 0 Å². The smallest absolute Gasteiger partial charge is 0.254 e. The second kappa shape index (κ2) is 6.75. The molecule has 6 nitrogen and oxygen atoms in total. The Balaban J connectivity index is 1.95. The number of hydroxylamine groups is 2. The lowest BCUT2D eigenvalue weighted by molar-refractivity contribution is -0.0478. The van der Waals surface area contributed by atoms with E-state index in [0.717, 1.165) is 47.4 Å². The minimum absolute atomic E-state index is 0.0262. The number of piperazine rings is 1. The molecular weight excluding hydrogens is 304 g/mol. The number of hydrogen-bond acceptors (Lipinski definition) is 5. The normalized spacial score (nSPS) is 18.0. The topological polar surface area (TPSA) is 59.4 Å². The van der Waals surface area contributed by atoms with Crippen molar-refractivity contribution in [1.82, 2.24) is 14.9 Å². The minimum atomic E-state index is -0.0262. The number of nitrogens with zero attached hydrogens (tertiary/aromatic N) is 4. The van der Waals surface area contributed by atoms with Crippen molar-refractivity contribution in [2.24, 2.45) is 4.99 Å². The molecule has 1 aromatic rings. The van der Waals surface area contributed by atoms with Gasteiger partial charge in [-0.3, -0.25) is 20.1 Å². The average Bonchev–Trinajstić information content (AvgIpc) is 3.05. The van der Waals surface area contributed by atoms with Crippen LogP contribution in [0.5, 0.6) is 0 Å². The summed E-state index contributed by atoms with van der Waals surface area (Å²) in [6.45, 7) is 7.09. The molecule has 0 saturated carbocycles. The van der Waals surface area contributed by atoms with E-state index in [4.69, 9.17) is 0 Å². The Morgan fingerprint density at radius 3 is 2.67 bits per heavy atom. The number of likely N-dealkylation sites (N-methyl/N-ethyl adjacent to an activating group) is 1. The van der Waals surface area contributed by atoms with Gasteiger partial charge in [0.2, 0.25) is 0 Å². The summed E-state index contributed by atoms with van der Waals surface area (Å²) < 4.78 is 0. The Bertz CT molecular complexity index is 777. The maximum Gasteiger partial charge on any atom is 0.254 e.